The van der Waals surface area contributed by atoms with Crippen LogP contribution >= 0.6 is 0 Å². The molecule has 12 nitrogen and oxygen atoms in total. The Morgan fingerprint density at radius 1 is 1.00 bits per heavy atom. The number of fused-ring (bicyclic) bond motifs is 1. The molecular weight excluding hydrogens is 579 g/mol. The van der Waals surface area contributed by atoms with Crippen molar-refractivity contribution in [2.45, 2.75) is 18.9 Å². The number of hydrogen-bond acceptors (Lipinski definition) is 10. The monoisotopic (exact) mass is 610 g/mol. The molecule has 1 aliphatic heterocycles. The minimum absolute atomic E-state index is 0.0607. The average molecular weight is 611 g/mol. The van der Waals surface area contributed by atoms with Gasteiger partial charge in [0.25, 0.3) is 0 Å². The first-order valence-corrected chi connectivity index (χ1v) is 14.2. The molecule has 0 aliphatic carbocycles. The lowest BCUT2D eigenvalue weighted by molar-refractivity contribution is -0.126. The Labute approximate surface area is 258 Å². The molecule has 0 unspecified atom stereocenters. The van der Waals surface area contributed by atoms with Crippen molar-refractivity contribution in [2.75, 3.05) is 37.9 Å². The van der Waals surface area contributed by atoms with Crippen LogP contribution in [-0.2, 0) is 4.79 Å². The highest BCUT2D eigenvalue weighted by atomic mass is 19.1. The van der Waals surface area contributed by atoms with Gasteiger partial charge in [0, 0.05) is 48.9 Å². The molecule has 1 fully saturated rings. The number of benzene rings is 2. The van der Waals surface area contributed by atoms with Crippen LogP contribution in [0.15, 0.2) is 79.9 Å². The lowest BCUT2D eigenvalue weighted by Gasteiger charge is -2.32. The van der Waals surface area contributed by atoms with Gasteiger partial charge >= 0.3 is 0 Å². The molecular formula is C32H31FN8O4. The van der Waals surface area contributed by atoms with Crippen LogP contribution in [0.1, 0.15) is 12.8 Å². The fourth-order valence-corrected chi connectivity index (χ4v) is 5.09. The van der Waals surface area contributed by atoms with E-state index in [0.29, 0.717) is 47.1 Å². The minimum atomic E-state index is -0.539. The van der Waals surface area contributed by atoms with Crippen LogP contribution in [0.5, 0.6) is 23.1 Å². The fourth-order valence-electron chi connectivity index (χ4n) is 5.09. The molecule has 0 radical (unpaired) electrons. The molecule has 6 rings (SSSR count). The van der Waals surface area contributed by atoms with Crippen LogP contribution in [0.25, 0.3) is 16.7 Å². The van der Waals surface area contributed by atoms with Crippen LogP contribution in [0, 0.1) is 5.82 Å². The van der Waals surface area contributed by atoms with Gasteiger partial charge in [-0.2, -0.15) is 0 Å². The fraction of sp³-hybridized carbons (Fsp3) is 0.219. The van der Waals surface area contributed by atoms with E-state index in [0.717, 1.165) is 18.5 Å². The molecule has 2 N–H and O–H groups in total. The molecule has 230 valence electrons. The largest absolute Gasteiger partial charge is 0.495 e. The predicted molar refractivity (Wildman–Crippen MR) is 167 cm³/mol. The van der Waals surface area contributed by atoms with Crippen molar-refractivity contribution >= 4 is 34.0 Å². The smallest absolute Gasteiger partial charge is 0.245 e. The van der Waals surface area contributed by atoms with E-state index in [1.165, 1.54) is 18.5 Å². The number of ether oxygens (including phenoxy) is 3. The van der Waals surface area contributed by atoms with Crippen molar-refractivity contribution in [1.82, 2.24) is 29.6 Å². The zero-order chi connectivity index (χ0) is 31.3. The summed E-state index contributed by atoms with van der Waals surface area (Å²) >= 11 is 0. The van der Waals surface area contributed by atoms with Crippen LogP contribution in [0.2, 0.25) is 0 Å². The Morgan fingerprint density at radius 3 is 2.53 bits per heavy atom. The predicted octanol–water partition coefficient (Wildman–Crippen LogP) is 5.49. The summed E-state index contributed by atoms with van der Waals surface area (Å²) in [7, 11) is 3.16. The lowest BCUT2D eigenvalue weighted by atomic mass is 10.0. The summed E-state index contributed by atoms with van der Waals surface area (Å²) in [4.78, 5) is 26.8. The molecule has 4 heterocycles. The molecule has 1 amide bonds. The molecule has 3 aromatic heterocycles. The van der Waals surface area contributed by atoms with Gasteiger partial charge in [0.2, 0.25) is 11.8 Å². The first kappa shape index (κ1) is 29.4. The SMILES string of the molecule is C=CC(=O)N1CCC(Nc2cc3c(Nc4ccc(Oc5ccn(-c6ccc(OC)cn6)n5)cc4F)ncnc3cc2OC)CC1. The first-order chi connectivity index (χ1) is 21.9. The maximum atomic E-state index is 15.3. The quantitative estimate of drug-likeness (QED) is 0.196. The number of carbonyl (C=O) groups excluding carboxylic acids is 1. The van der Waals surface area contributed by atoms with Gasteiger partial charge in [-0.05, 0) is 49.2 Å². The van der Waals surface area contributed by atoms with Crippen molar-refractivity contribution in [3.05, 3.63) is 85.7 Å². The van der Waals surface area contributed by atoms with Crippen molar-refractivity contribution in [3.63, 3.8) is 0 Å². The summed E-state index contributed by atoms with van der Waals surface area (Å²) in [5.41, 5.74) is 1.59. The molecule has 0 spiro atoms. The number of amides is 1. The van der Waals surface area contributed by atoms with Crippen molar-refractivity contribution < 1.29 is 23.4 Å². The molecule has 1 aliphatic rings. The number of aromatic nitrogens is 5. The van der Waals surface area contributed by atoms with Crippen molar-refractivity contribution in [2.24, 2.45) is 0 Å². The second kappa shape index (κ2) is 12.9. The molecule has 0 bridgehead atoms. The summed E-state index contributed by atoms with van der Waals surface area (Å²) < 4.78 is 33.4. The molecule has 0 saturated carbocycles. The number of rotatable bonds is 10. The summed E-state index contributed by atoms with van der Waals surface area (Å²) in [5, 5.41) is 11.7. The van der Waals surface area contributed by atoms with Gasteiger partial charge in [-0.25, -0.2) is 24.0 Å². The Kier molecular flexibility index (Phi) is 8.40. The molecule has 45 heavy (non-hydrogen) atoms. The molecule has 5 aromatic rings. The second-order valence-electron chi connectivity index (χ2n) is 10.3. The number of methoxy groups -OCH3 is 2. The third kappa shape index (κ3) is 6.47. The molecule has 13 heteroatoms. The Hall–Kier alpha value is -5.72. The zero-order valence-electron chi connectivity index (χ0n) is 24.7. The van der Waals surface area contributed by atoms with Gasteiger partial charge in [0.1, 0.15) is 35.2 Å². The Morgan fingerprint density at radius 2 is 1.82 bits per heavy atom. The van der Waals surface area contributed by atoms with Gasteiger partial charge < -0.3 is 29.7 Å². The number of halogens is 1. The number of anilines is 3. The zero-order valence-corrected chi connectivity index (χ0v) is 24.7. The number of nitrogens with zero attached hydrogens (tertiary/aromatic N) is 6. The van der Waals surface area contributed by atoms with Gasteiger partial charge in [0.05, 0.1) is 37.3 Å². The molecule has 2 aromatic carbocycles. The topological polar surface area (TPSA) is 129 Å². The number of hydrogen-bond donors (Lipinski definition) is 2. The first-order valence-electron chi connectivity index (χ1n) is 14.2. The minimum Gasteiger partial charge on any atom is -0.495 e. The third-order valence-corrected chi connectivity index (χ3v) is 7.47. The van der Waals surface area contributed by atoms with Crippen LogP contribution in [0.4, 0.5) is 21.6 Å². The van der Waals surface area contributed by atoms with Crippen LogP contribution in [0.3, 0.4) is 0 Å². The summed E-state index contributed by atoms with van der Waals surface area (Å²) in [5.74, 6) is 2.21. The lowest BCUT2D eigenvalue weighted by Crippen LogP contribution is -2.41. The highest BCUT2D eigenvalue weighted by Gasteiger charge is 2.23. The van der Waals surface area contributed by atoms with Gasteiger partial charge in [0.15, 0.2) is 5.82 Å². The Bertz CT molecular complexity index is 1840. The maximum absolute atomic E-state index is 15.3. The summed E-state index contributed by atoms with van der Waals surface area (Å²) in [6.45, 7) is 4.84. The highest BCUT2D eigenvalue weighted by molar-refractivity contribution is 5.95. The Balaban J connectivity index is 1.17. The van der Waals surface area contributed by atoms with E-state index in [1.54, 1.807) is 66.5 Å². The van der Waals surface area contributed by atoms with Crippen molar-refractivity contribution in [3.8, 4) is 28.9 Å². The van der Waals surface area contributed by atoms with Crippen molar-refractivity contribution in [1.29, 1.82) is 0 Å². The van der Waals surface area contributed by atoms with E-state index >= 15 is 4.39 Å². The van der Waals surface area contributed by atoms with E-state index in [-0.39, 0.29) is 29.3 Å². The van der Waals surface area contributed by atoms with E-state index < -0.39 is 5.82 Å². The number of piperidine rings is 1. The van der Waals surface area contributed by atoms with Gasteiger partial charge in [-0.15, -0.1) is 5.10 Å². The summed E-state index contributed by atoms with van der Waals surface area (Å²) in [6.07, 6.45) is 7.58. The third-order valence-electron chi connectivity index (χ3n) is 7.47. The number of likely N-dealkylation sites (tertiary alicyclic amines) is 1. The van der Waals surface area contributed by atoms with Gasteiger partial charge in [-0.1, -0.05) is 6.58 Å². The average Bonchev–Trinajstić information content (AvgIpc) is 3.54. The highest BCUT2D eigenvalue weighted by Crippen LogP contribution is 2.35. The maximum Gasteiger partial charge on any atom is 0.245 e. The van der Waals surface area contributed by atoms with Crippen LogP contribution < -0.4 is 24.8 Å². The number of nitrogens with one attached hydrogen (secondary N) is 2. The molecule has 0 atom stereocenters. The normalized spacial score (nSPS) is 13.4. The van der Waals surface area contributed by atoms with E-state index in [2.05, 4.69) is 37.3 Å². The second-order valence-corrected chi connectivity index (χ2v) is 10.3. The van der Waals surface area contributed by atoms with E-state index in [9.17, 15) is 4.79 Å². The van der Waals surface area contributed by atoms with Gasteiger partial charge in [-0.3, -0.25) is 4.79 Å². The number of carbonyl (C=O) groups is 1. The van der Waals surface area contributed by atoms with E-state index in [4.69, 9.17) is 14.2 Å². The standard InChI is InChI=1S/C32H31FN8O4/c1-4-31(42)40-12-9-20(10-13-40)37-27-16-23-26(17-28(27)44-3)35-19-36-32(23)38-25-7-5-21(15-24(25)33)45-30-11-14-41(39-30)29-8-6-22(43-2)18-34-29/h4-8,11,14-20,37H,1,9-10,12-13H2,2-3H3,(H,35,36,38). The van der Waals surface area contributed by atoms with E-state index in [1.807, 2.05) is 12.1 Å². The number of pyridine rings is 1. The van der Waals surface area contributed by atoms with Crippen LogP contribution in [-0.4, -0.2) is 68.9 Å². The molecule has 1 saturated heterocycles. The summed E-state index contributed by atoms with van der Waals surface area (Å²) in [6, 6.07) is 13.5.